The van der Waals surface area contributed by atoms with Crippen LogP contribution in [0.25, 0.3) is 0 Å². The minimum atomic E-state index is -0.236. The fourth-order valence-corrected chi connectivity index (χ4v) is 0.930. The zero-order chi connectivity index (χ0) is 8.15. The van der Waals surface area contributed by atoms with Crippen LogP contribution >= 0.6 is 25.3 Å². The maximum absolute atomic E-state index is 5.15. The molecule has 62 valence electrons. The molecule has 4 heteroatoms. The van der Waals surface area contributed by atoms with Crippen molar-refractivity contribution in [2.75, 3.05) is 0 Å². The molecule has 0 aliphatic heterocycles. The molecule has 10 heavy (non-hydrogen) atoms. The Balaban J connectivity index is 3.34. The molecule has 0 aliphatic rings. The normalized spacial score (nSPS) is 20.1. The summed E-state index contributed by atoms with van der Waals surface area (Å²) in [4.78, 5) is 0. The van der Waals surface area contributed by atoms with Gasteiger partial charge >= 0.3 is 0 Å². The quantitative estimate of drug-likeness (QED) is 0.511. The van der Waals surface area contributed by atoms with Crippen LogP contribution in [0, 0.1) is 0 Å². The minimum absolute atomic E-state index is 0.0953. The van der Waals surface area contributed by atoms with Crippen molar-refractivity contribution in [1.82, 2.24) is 0 Å². The van der Waals surface area contributed by atoms with Crippen molar-refractivity contribution in [1.29, 1.82) is 0 Å². The Hall–Kier alpha value is 0.620. The zero-order valence-electron chi connectivity index (χ0n) is 6.44. The van der Waals surface area contributed by atoms with Gasteiger partial charge in [-0.15, -0.1) is 25.3 Å². The molecule has 0 heterocycles. The van der Waals surface area contributed by atoms with Crippen LogP contribution in [-0.4, -0.2) is 17.2 Å². The molecule has 0 fully saturated rings. The van der Waals surface area contributed by atoms with Crippen LogP contribution in [0.1, 0.15) is 20.8 Å². The van der Waals surface area contributed by atoms with Gasteiger partial charge < -0.3 is 9.47 Å². The largest absolute Gasteiger partial charge is 0.340 e. The summed E-state index contributed by atoms with van der Waals surface area (Å²) in [5, 5.41) is 0. The summed E-state index contributed by atoms with van der Waals surface area (Å²) in [6.45, 7) is 5.50. The van der Waals surface area contributed by atoms with Crippen LogP contribution in [0.2, 0.25) is 0 Å². The molecule has 0 saturated carbocycles. The molecule has 0 aromatic heterocycles. The van der Waals surface area contributed by atoms with Crippen molar-refractivity contribution >= 4 is 25.3 Å². The highest BCUT2D eigenvalue weighted by molar-refractivity contribution is 7.80. The first-order valence-corrected chi connectivity index (χ1v) is 4.22. The van der Waals surface area contributed by atoms with Crippen LogP contribution in [0.15, 0.2) is 0 Å². The van der Waals surface area contributed by atoms with Gasteiger partial charge in [0.2, 0.25) is 0 Å². The maximum atomic E-state index is 5.15. The second kappa shape index (κ2) is 5.29. The second-order valence-corrected chi connectivity index (χ2v) is 3.49. The molecule has 0 rings (SSSR count). The molecule has 0 bridgehead atoms. The third-order valence-corrected chi connectivity index (χ3v) is 1.02. The van der Waals surface area contributed by atoms with Crippen molar-refractivity contribution < 1.29 is 9.47 Å². The van der Waals surface area contributed by atoms with Gasteiger partial charge in [-0.1, -0.05) is 0 Å². The number of thiol groups is 2. The maximum Gasteiger partial charge on any atom is 0.157 e. The molecular weight excluding hydrogens is 168 g/mol. The Bertz CT molecular complexity index is 75.8. The summed E-state index contributed by atoms with van der Waals surface area (Å²) < 4.78 is 10.3. The van der Waals surface area contributed by atoms with Gasteiger partial charge in [-0.3, -0.25) is 0 Å². The van der Waals surface area contributed by atoms with Crippen molar-refractivity contribution in [2.45, 2.75) is 37.9 Å². The standard InChI is InChI=1S/C6H14O2S2/c1-4(7-5(2)9)8-6(3)10/h4-6,9-10H,1-3H3. The molecule has 0 aromatic carbocycles. The third kappa shape index (κ3) is 6.74. The van der Waals surface area contributed by atoms with E-state index in [9.17, 15) is 0 Å². The predicted molar refractivity (Wildman–Crippen MR) is 48.5 cm³/mol. The van der Waals surface area contributed by atoms with E-state index in [1.54, 1.807) is 0 Å². The highest BCUT2D eigenvalue weighted by Gasteiger charge is 2.06. The number of ether oxygens (including phenoxy) is 2. The smallest absolute Gasteiger partial charge is 0.157 e. The lowest BCUT2D eigenvalue weighted by molar-refractivity contribution is -0.139. The first kappa shape index (κ1) is 10.6. The van der Waals surface area contributed by atoms with Gasteiger partial charge in [0.15, 0.2) is 6.29 Å². The minimum Gasteiger partial charge on any atom is -0.340 e. The van der Waals surface area contributed by atoms with E-state index in [4.69, 9.17) is 9.47 Å². The van der Waals surface area contributed by atoms with Gasteiger partial charge in [0.1, 0.15) is 10.9 Å². The summed E-state index contributed by atoms with van der Waals surface area (Å²) in [6, 6.07) is 0. The van der Waals surface area contributed by atoms with Crippen molar-refractivity contribution in [2.24, 2.45) is 0 Å². The molecule has 0 aliphatic carbocycles. The molecular formula is C6H14O2S2. The van der Waals surface area contributed by atoms with Crippen molar-refractivity contribution in [3.8, 4) is 0 Å². The lowest BCUT2D eigenvalue weighted by Crippen LogP contribution is -2.19. The highest BCUT2D eigenvalue weighted by atomic mass is 32.1. The van der Waals surface area contributed by atoms with E-state index in [1.807, 2.05) is 20.8 Å². The Morgan fingerprint density at radius 2 is 1.20 bits per heavy atom. The Kier molecular flexibility index (Phi) is 5.62. The van der Waals surface area contributed by atoms with Crippen LogP contribution in [0.3, 0.4) is 0 Å². The number of hydrogen-bond donors (Lipinski definition) is 2. The molecule has 0 N–H and O–H groups in total. The summed E-state index contributed by atoms with van der Waals surface area (Å²) in [5.74, 6) is 0. The summed E-state index contributed by atoms with van der Waals surface area (Å²) in [7, 11) is 0. The summed E-state index contributed by atoms with van der Waals surface area (Å²) in [6.07, 6.45) is -0.236. The third-order valence-electron chi connectivity index (χ3n) is 0.777. The van der Waals surface area contributed by atoms with Gasteiger partial charge in [0, 0.05) is 0 Å². The van der Waals surface area contributed by atoms with Gasteiger partial charge in [-0.2, -0.15) is 0 Å². The lowest BCUT2D eigenvalue weighted by Gasteiger charge is -2.17. The van der Waals surface area contributed by atoms with E-state index in [1.165, 1.54) is 0 Å². The van der Waals surface area contributed by atoms with Crippen LogP contribution in [-0.2, 0) is 9.47 Å². The first-order chi connectivity index (χ1) is 4.52. The van der Waals surface area contributed by atoms with E-state index in [0.717, 1.165) is 0 Å². The predicted octanol–water partition coefficient (Wildman–Crippen LogP) is 1.92. The molecule has 0 aromatic rings. The Labute approximate surface area is 73.1 Å². The molecule has 0 radical (unpaired) electrons. The fraction of sp³-hybridized carbons (Fsp3) is 1.00. The SMILES string of the molecule is CC(S)OC(C)OC(C)S. The molecule has 2 nitrogen and oxygen atoms in total. The van der Waals surface area contributed by atoms with E-state index < -0.39 is 0 Å². The molecule has 2 unspecified atom stereocenters. The average molecular weight is 182 g/mol. The molecule has 0 amide bonds. The van der Waals surface area contributed by atoms with Gasteiger partial charge in [-0.25, -0.2) is 0 Å². The van der Waals surface area contributed by atoms with Gasteiger partial charge in [-0.05, 0) is 20.8 Å². The zero-order valence-corrected chi connectivity index (χ0v) is 8.23. The van der Waals surface area contributed by atoms with E-state index in [2.05, 4.69) is 25.3 Å². The van der Waals surface area contributed by atoms with Crippen LogP contribution < -0.4 is 0 Å². The van der Waals surface area contributed by atoms with E-state index in [0.29, 0.717) is 0 Å². The second-order valence-electron chi connectivity index (χ2n) is 2.04. The summed E-state index contributed by atoms with van der Waals surface area (Å²) >= 11 is 8.07. The van der Waals surface area contributed by atoms with Crippen molar-refractivity contribution in [3.05, 3.63) is 0 Å². The lowest BCUT2D eigenvalue weighted by atomic mass is 10.7. The van der Waals surface area contributed by atoms with E-state index >= 15 is 0 Å². The first-order valence-electron chi connectivity index (χ1n) is 3.19. The molecule has 0 spiro atoms. The van der Waals surface area contributed by atoms with Crippen molar-refractivity contribution in [3.63, 3.8) is 0 Å². The molecule has 2 atom stereocenters. The Morgan fingerprint density at radius 3 is 1.40 bits per heavy atom. The Morgan fingerprint density at radius 1 is 0.900 bits per heavy atom. The van der Waals surface area contributed by atoms with Gasteiger partial charge in [0.25, 0.3) is 0 Å². The topological polar surface area (TPSA) is 18.5 Å². The molecule has 0 saturated heterocycles. The van der Waals surface area contributed by atoms with E-state index in [-0.39, 0.29) is 17.2 Å². The van der Waals surface area contributed by atoms with Gasteiger partial charge in [0.05, 0.1) is 0 Å². The monoisotopic (exact) mass is 182 g/mol. The average Bonchev–Trinajstić information content (AvgIpc) is 1.58. The number of hydrogen-bond acceptors (Lipinski definition) is 4. The fourth-order valence-electron chi connectivity index (χ4n) is 0.587. The summed E-state index contributed by atoms with van der Waals surface area (Å²) in [5.41, 5.74) is -0.191. The highest BCUT2D eigenvalue weighted by Crippen LogP contribution is 2.06. The van der Waals surface area contributed by atoms with Crippen LogP contribution in [0.5, 0.6) is 0 Å². The number of rotatable bonds is 4. The van der Waals surface area contributed by atoms with Crippen LogP contribution in [0.4, 0.5) is 0 Å².